The average Bonchev–Trinajstić information content (AvgIpc) is 3.78. The van der Waals surface area contributed by atoms with Crippen molar-refractivity contribution in [1.82, 2.24) is 14.7 Å². The summed E-state index contributed by atoms with van der Waals surface area (Å²) in [6.45, 7) is 3.74. The number of ether oxygens (including phenoxy) is 5. The van der Waals surface area contributed by atoms with E-state index in [0.29, 0.717) is 92.3 Å². The first-order valence-corrected chi connectivity index (χ1v) is 26.8. The van der Waals surface area contributed by atoms with Crippen LogP contribution < -0.4 is 23.7 Å². The molecule has 3 atom stereocenters. The Labute approximate surface area is 460 Å². The van der Waals surface area contributed by atoms with E-state index in [9.17, 15) is 34.5 Å². The first-order valence-electron chi connectivity index (χ1n) is 26.8. The smallest absolute Gasteiger partial charge is 0.256 e. The molecule has 6 heterocycles. The molecule has 414 valence electrons. The van der Waals surface area contributed by atoms with Crippen LogP contribution in [0.25, 0.3) is 0 Å². The summed E-state index contributed by atoms with van der Waals surface area (Å²) in [5.74, 6) is 2.20. The number of methoxy groups -OCH3 is 1. The summed E-state index contributed by atoms with van der Waals surface area (Å²) < 4.78 is 30.5. The topological polar surface area (TPSA) is 222 Å². The Bertz CT molecular complexity index is 3050. The molecule has 0 radical (unpaired) electrons. The van der Waals surface area contributed by atoms with Gasteiger partial charge in [-0.05, 0) is 137 Å². The zero-order valence-corrected chi connectivity index (χ0v) is 43.9. The summed E-state index contributed by atoms with van der Waals surface area (Å²) in [5, 5.41) is 29.3. The van der Waals surface area contributed by atoms with Crippen molar-refractivity contribution in [3.63, 3.8) is 0 Å². The van der Waals surface area contributed by atoms with Crippen molar-refractivity contribution in [2.24, 2.45) is 15.0 Å². The van der Waals surface area contributed by atoms with Gasteiger partial charge in [-0.2, -0.15) is 0 Å². The molecule has 0 aliphatic carbocycles. The van der Waals surface area contributed by atoms with Gasteiger partial charge in [0.25, 0.3) is 17.7 Å². The summed E-state index contributed by atoms with van der Waals surface area (Å²) in [5.41, 5.74) is 5.90. The normalized spacial score (nSPS) is 18.8. The summed E-state index contributed by atoms with van der Waals surface area (Å²) >= 11 is 0. The van der Waals surface area contributed by atoms with Crippen LogP contribution in [-0.2, 0) is 26.4 Å². The van der Waals surface area contributed by atoms with Crippen LogP contribution in [0.5, 0.6) is 34.5 Å². The molecule has 5 aromatic rings. The third kappa shape index (κ3) is 12.5. The molecule has 79 heavy (non-hydrogen) atoms. The van der Waals surface area contributed by atoms with Crippen LogP contribution in [0.15, 0.2) is 93.8 Å². The van der Waals surface area contributed by atoms with Gasteiger partial charge in [0.15, 0.2) is 17.3 Å². The standard InChI is InChI=1S/C46H48N4O9.C14H16N2O3.CH4/c1-29(52)32-9-11-36(12-10-32)56-15-16-57-37-18-30(27-58-42-22-40-38(20-33(42)26-51)45(53)49-13-5-3-7-34(49)24-47-40)17-31(19-37)28-59-44-23-41-39(21-43(44)55-2)46(54)50-14-6-4-8-35(50)25-48-41;17-8-9-5-11-12(6-13(9)18)15-7-10-3-1-2-4-16(10)14(11)19;/h9-12,17-25,34-35,51H,3-8,13-16,26-28H2,1-2H3;5-7,10,17-18H,1-4,8H2;1H4/t34-,35-;10-;/m00./s1. The SMILES string of the molecule is C.COc1cc2c(cc1OCc1cc(COc3cc4c(cc3CO)C(=O)N3CCCC[C@H]3C=N4)cc(OCCOc3ccc(C(C)=O)cc3)c1)N=C[C@@H]1CCCCN1C2=O.O=C1c2cc(CO)c(O)cc2N=C[C@@H]2CCCCN12. The Balaban J connectivity index is 0.000000318. The van der Waals surface area contributed by atoms with Gasteiger partial charge >= 0.3 is 0 Å². The van der Waals surface area contributed by atoms with E-state index in [4.69, 9.17) is 28.7 Å². The first kappa shape index (κ1) is 55.7. The number of aliphatic imine (C=N–C) groups is 3. The van der Waals surface area contributed by atoms with Gasteiger partial charge in [-0.3, -0.25) is 34.2 Å². The number of aromatic hydroxyl groups is 1. The Morgan fingerprint density at radius 2 is 1.00 bits per heavy atom. The van der Waals surface area contributed by atoms with E-state index in [2.05, 4.69) is 9.98 Å². The van der Waals surface area contributed by atoms with Crippen molar-refractivity contribution in [3.05, 3.63) is 123 Å². The van der Waals surface area contributed by atoms with Crippen LogP contribution in [0.2, 0.25) is 0 Å². The molecule has 3 fully saturated rings. The minimum atomic E-state index is -0.320. The Hall–Kier alpha value is -8.09. The Morgan fingerprint density at radius 1 is 0.544 bits per heavy atom. The van der Waals surface area contributed by atoms with Crippen LogP contribution in [0.1, 0.15) is 136 Å². The molecule has 6 aliphatic rings. The highest BCUT2D eigenvalue weighted by Gasteiger charge is 2.34. The van der Waals surface area contributed by atoms with Gasteiger partial charge in [-0.25, -0.2) is 0 Å². The molecular formula is C61H68N6O12. The van der Waals surface area contributed by atoms with E-state index in [1.165, 1.54) is 13.0 Å². The van der Waals surface area contributed by atoms with E-state index in [-0.39, 0.29) is 94.4 Å². The molecule has 18 heteroatoms. The second-order valence-corrected chi connectivity index (χ2v) is 20.2. The maximum atomic E-state index is 13.6. The van der Waals surface area contributed by atoms with E-state index < -0.39 is 0 Å². The number of piperidine rings is 3. The monoisotopic (exact) mass is 1080 g/mol. The average molecular weight is 1080 g/mol. The fraction of sp³-hybridized carbons (Fsp3) is 0.393. The number of carbonyl (C=O) groups excluding carboxylic acids is 4. The molecule has 6 aliphatic heterocycles. The predicted octanol–water partition coefficient (Wildman–Crippen LogP) is 9.66. The van der Waals surface area contributed by atoms with Gasteiger partial charge < -0.3 is 53.7 Å². The molecule has 3 N–H and O–H groups in total. The van der Waals surface area contributed by atoms with Crippen molar-refractivity contribution < 1.29 is 58.2 Å². The van der Waals surface area contributed by atoms with Crippen molar-refractivity contribution in [2.45, 2.75) is 117 Å². The van der Waals surface area contributed by atoms with Gasteiger partial charge in [-0.1, -0.05) is 7.43 Å². The molecule has 11 rings (SSSR count). The molecule has 0 unspecified atom stereocenters. The molecule has 5 aromatic carbocycles. The highest BCUT2D eigenvalue weighted by atomic mass is 16.5. The largest absolute Gasteiger partial charge is 0.508 e. The second-order valence-electron chi connectivity index (χ2n) is 20.2. The number of rotatable bonds is 15. The quantitative estimate of drug-likeness (QED) is 0.0659. The molecular weight excluding hydrogens is 1010 g/mol. The number of Topliss-reactive ketones (excluding diaryl/α,β-unsaturated/α-hetero) is 1. The van der Waals surface area contributed by atoms with Gasteiger partial charge in [0.05, 0.1) is 72.2 Å². The van der Waals surface area contributed by atoms with Crippen molar-refractivity contribution in [3.8, 4) is 34.5 Å². The zero-order chi connectivity index (χ0) is 54.3. The fourth-order valence-corrected chi connectivity index (χ4v) is 10.7. The number of hydrogen-bond donors (Lipinski definition) is 3. The van der Waals surface area contributed by atoms with Crippen LogP contribution in [0, 0.1) is 0 Å². The second kappa shape index (κ2) is 25.1. The van der Waals surface area contributed by atoms with Crippen molar-refractivity contribution in [2.75, 3.05) is 40.0 Å². The fourth-order valence-electron chi connectivity index (χ4n) is 10.7. The Kier molecular flexibility index (Phi) is 17.7. The molecule has 0 saturated carbocycles. The van der Waals surface area contributed by atoms with Crippen LogP contribution in [-0.4, -0.2) is 130 Å². The van der Waals surface area contributed by atoms with E-state index in [1.54, 1.807) is 67.9 Å². The number of aliphatic hydroxyl groups is 2. The number of fused-ring (bicyclic) bond motifs is 6. The molecule has 3 amide bonds. The molecule has 18 nitrogen and oxygen atoms in total. The molecule has 3 saturated heterocycles. The zero-order valence-electron chi connectivity index (χ0n) is 43.9. The van der Waals surface area contributed by atoms with Crippen LogP contribution in [0.3, 0.4) is 0 Å². The number of phenols is 1. The minimum Gasteiger partial charge on any atom is -0.508 e. The highest BCUT2D eigenvalue weighted by Crippen LogP contribution is 2.40. The summed E-state index contributed by atoms with van der Waals surface area (Å²) in [4.78, 5) is 70.6. The van der Waals surface area contributed by atoms with E-state index in [0.717, 1.165) is 75.5 Å². The van der Waals surface area contributed by atoms with Crippen LogP contribution in [0.4, 0.5) is 17.1 Å². The number of nitrogens with zero attached hydrogens (tertiary/aromatic N) is 6. The lowest BCUT2D eigenvalue weighted by molar-refractivity contribution is 0.0680. The lowest BCUT2D eigenvalue weighted by Crippen LogP contribution is -2.43. The maximum Gasteiger partial charge on any atom is 0.256 e. The van der Waals surface area contributed by atoms with Crippen LogP contribution >= 0.6 is 0 Å². The number of amides is 3. The third-order valence-electron chi connectivity index (χ3n) is 15.0. The van der Waals surface area contributed by atoms with E-state index in [1.807, 2.05) is 45.3 Å². The summed E-state index contributed by atoms with van der Waals surface area (Å²) in [7, 11) is 1.54. The van der Waals surface area contributed by atoms with Gasteiger partial charge in [0.2, 0.25) is 0 Å². The minimum absolute atomic E-state index is 0. The highest BCUT2D eigenvalue weighted by molar-refractivity contribution is 6.05. The van der Waals surface area contributed by atoms with Crippen molar-refractivity contribution >= 4 is 59.2 Å². The van der Waals surface area contributed by atoms with Gasteiger partial charge in [-0.15, -0.1) is 0 Å². The number of ketones is 1. The number of aliphatic hydroxyl groups excluding tert-OH is 2. The number of benzene rings is 5. The molecule has 0 aromatic heterocycles. The van der Waals surface area contributed by atoms with Crippen molar-refractivity contribution in [1.29, 1.82) is 0 Å². The molecule has 0 bridgehead atoms. The molecule has 0 spiro atoms. The lowest BCUT2D eigenvalue weighted by atomic mass is 10.0. The van der Waals surface area contributed by atoms with E-state index >= 15 is 0 Å². The van der Waals surface area contributed by atoms with Gasteiger partial charge in [0, 0.05) is 73.2 Å². The third-order valence-corrected chi connectivity index (χ3v) is 15.0. The van der Waals surface area contributed by atoms with Gasteiger partial charge in [0.1, 0.15) is 49.4 Å². The lowest BCUT2D eigenvalue weighted by Gasteiger charge is -2.32. The predicted molar refractivity (Wildman–Crippen MR) is 299 cm³/mol. The number of hydrogen-bond acceptors (Lipinski definition) is 15. The maximum absolute atomic E-state index is 13.6. The summed E-state index contributed by atoms with van der Waals surface area (Å²) in [6, 6.07) is 22.5. The number of carbonyl (C=O) groups is 4. The Morgan fingerprint density at radius 3 is 1.49 bits per heavy atom. The first-order chi connectivity index (χ1) is 38.0. The summed E-state index contributed by atoms with van der Waals surface area (Å²) in [6.07, 6.45) is 14.3.